The van der Waals surface area contributed by atoms with Gasteiger partial charge in [0.2, 0.25) is 0 Å². The molecule has 0 fully saturated rings. The third-order valence-corrected chi connectivity index (χ3v) is 4.46. The Morgan fingerprint density at radius 3 is 2.85 bits per heavy atom. The van der Waals surface area contributed by atoms with Crippen molar-refractivity contribution in [3.63, 3.8) is 0 Å². The van der Waals surface area contributed by atoms with E-state index in [0.717, 1.165) is 17.1 Å². The van der Waals surface area contributed by atoms with Gasteiger partial charge >= 0.3 is 0 Å². The molecule has 3 nitrogen and oxygen atoms in total. The van der Waals surface area contributed by atoms with Crippen LogP contribution >= 0.6 is 23.1 Å². The minimum absolute atomic E-state index is 0.0548. The quantitative estimate of drug-likeness (QED) is 0.802. The maximum Gasteiger partial charge on any atom is 0.279 e. The van der Waals surface area contributed by atoms with Crippen molar-refractivity contribution in [2.75, 3.05) is 25.2 Å². The van der Waals surface area contributed by atoms with Crippen LogP contribution in [-0.4, -0.2) is 25.8 Å². The van der Waals surface area contributed by atoms with Gasteiger partial charge < -0.3 is 10.2 Å². The molecule has 2 N–H and O–H groups in total. The second-order valence-corrected chi connectivity index (χ2v) is 6.32. The van der Waals surface area contributed by atoms with Gasteiger partial charge in [0.15, 0.2) is 6.54 Å². The highest BCUT2D eigenvalue weighted by molar-refractivity contribution is 7.98. The van der Waals surface area contributed by atoms with E-state index in [-0.39, 0.29) is 5.91 Å². The number of hydrogen-bond donors (Lipinski definition) is 2. The van der Waals surface area contributed by atoms with Gasteiger partial charge in [-0.3, -0.25) is 4.79 Å². The zero-order valence-corrected chi connectivity index (χ0v) is 13.3. The van der Waals surface area contributed by atoms with E-state index in [1.165, 1.54) is 10.5 Å². The van der Waals surface area contributed by atoms with Crippen molar-refractivity contribution in [3.05, 3.63) is 46.7 Å². The summed E-state index contributed by atoms with van der Waals surface area (Å²) >= 11 is 3.33. The highest BCUT2D eigenvalue weighted by Gasteiger charge is 2.12. The highest BCUT2D eigenvalue weighted by Crippen LogP contribution is 2.24. The number of carbonyl (C=O) groups excluding carboxylic acids is 1. The Balaban J connectivity index is 1.88. The maximum absolute atomic E-state index is 12.1. The van der Waals surface area contributed by atoms with Crippen molar-refractivity contribution < 1.29 is 9.69 Å². The van der Waals surface area contributed by atoms with Crippen LogP contribution in [0.2, 0.25) is 0 Å². The molecule has 0 aliphatic carbocycles. The molecule has 2 rings (SSSR count). The van der Waals surface area contributed by atoms with Crippen LogP contribution in [0.1, 0.15) is 5.56 Å². The molecule has 0 radical (unpaired) electrons. The lowest BCUT2D eigenvalue weighted by molar-refractivity contribution is -0.885. The van der Waals surface area contributed by atoms with Gasteiger partial charge in [-0.25, -0.2) is 0 Å². The second kappa shape index (κ2) is 7.47. The van der Waals surface area contributed by atoms with Crippen LogP contribution in [-0.2, 0) is 11.3 Å². The van der Waals surface area contributed by atoms with Gasteiger partial charge in [-0.1, -0.05) is 12.1 Å². The van der Waals surface area contributed by atoms with E-state index in [1.807, 2.05) is 37.6 Å². The normalized spacial score (nSPS) is 12.1. The molecule has 1 aromatic heterocycles. The van der Waals surface area contributed by atoms with Crippen molar-refractivity contribution in [1.29, 1.82) is 0 Å². The molecule has 0 aliphatic rings. The van der Waals surface area contributed by atoms with E-state index in [2.05, 4.69) is 22.1 Å². The third-order valence-electron chi connectivity index (χ3n) is 2.93. The van der Waals surface area contributed by atoms with E-state index in [4.69, 9.17) is 0 Å². The van der Waals surface area contributed by atoms with Crippen LogP contribution in [0.3, 0.4) is 0 Å². The standard InChI is InChI=1S/C15H18N2OS2/c1-17(9-12-7-8-20-11-12)10-15(18)16-13-5-3-4-6-14(13)19-2/h3-8,11H,9-10H2,1-2H3,(H,16,18)/p+1. The van der Waals surface area contributed by atoms with Gasteiger partial charge in [-0.2, -0.15) is 11.3 Å². The van der Waals surface area contributed by atoms with E-state index < -0.39 is 0 Å². The number of benzene rings is 1. The predicted molar refractivity (Wildman–Crippen MR) is 86.6 cm³/mol. The molecule has 2 aromatic rings. The van der Waals surface area contributed by atoms with Gasteiger partial charge in [-0.05, 0) is 35.2 Å². The third kappa shape index (κ3) is 4.37. The predicted octanol–water partition coefficient (Wildman–Crippen LogP) is 2.12. The van der Waals surface area contributed by atoms with E-state index in [9.17, 15) is 4.79 Å². The van der Waals surface area contributed by atoms with Crippen LogP contribution in [0, 0.1) is 0 Å². The number of thioether (sulfide) groups is 1. The number of quaternary nitrogens is 1. The van der Waals surface area contributed by atoms with E-state index in [0.29, 0.717) is 6.54 Å². The fraction of sp³-hybridized carbons (Fsp3) is 0.267. The minimum atomic E-state index is 0.0548. The SMILES string of the molecule is CSc1ccccc1NC(=O)C[NH+](C)Cc1ccsc1. The number of anilines is 1. The first kappa shape index (κ1) is 15.1. The number of rotatable bonds is 6. The number of thiophene rings is 1. The maximum atomic E-state index is 12.1. The fourth-order valence-electron chi connectivity index (χ4n) is 2.02. The molecule has 20 heavy (non-hydrogen) atoms. The number of likely N-dealkylation sites (N-methyl/N-ethyl adjacent to an activating group) is 1. The summed E-state index contributed by atoms with van der Waals surface area (Å²) in [5.41, 5.74) is 2.18. The smallest absolute Gasteiger partial charge is 0.279 e. The van der Waals surface area contributed by atoms with Gasteiger partial charge in [-0.15, -0.1) is 11.8 Å². The zero-order valence-electron chi connectivity index (χ0n) is 11.7. The fourth-order valence-corrected chi connectivity index (χ4v) is 3.24. The summed E-state index contributed by atoms with van der Waals surface area (Å²) < 4.78 is 0. The zero-order chi connectivity index (χ0) is 14.4. The first-order valence-corrected chi connectivity index (χ1v) is 8.61. The Hall–Kier alpha value is -1.30. The lowest BCUT2D eigenvalue weighted by Gasteiger charge is -2.14. The number of carbonyl (C=O) groups is 1. The highest BCUT2D eigenvalue weighted by atomic mass is 32.2. The van der Waals surface area contributed by atoms with Crippen molar-refractivity contribution in [2.24, 2.45) is 0 Å². The average molecular weight is 307 g/mol. The second-order valence-electron chi connectivity index (χ2n) is 4.69. The first-order valence-electron chi connectivity index (χ1n) is 6.44. The summed E-state index contributed by atoms with van der Waals surface area (Å²) in [6.45, 7) is 1.35. The molecule has 0 saturated heterocycles. The molecular weight excluding hydrogens is 288 g/mol. The van der Waals surface area contributed by atoms with Crippen molar-refractivity contribution in [1.82, 2.24) is 0 Å². The molecule has 1 amide bonds. The number of hydrogen-bond acceptors (Lipinski definition) is 3. The minimum Gasteiger partial charge on any atom is -0.326 e. The van der Waals surface area contributed by atoms with Gasteiger partial charge in [0, 0.05) is 10.5 Å². The Labute approximate surface area is 128 Å². The van der Waals surface area contributed by atoms with Gasteiger partial charge in [0.1, 0.15) is 6.54 Å². The molecule has 1 atom stereocenters. The Morgan fingerprint density at radius 1 is 1.35 bits per heavy atom. The first-order chi connectivity index (χ1) is 9.69. The Bertz CT molecular complexity index is 555. The topological polar surface area (TPSA) is 33.5 Å². The molecule has 0 bridgehead atoms. The average Bonchev–Trinajstić information content (AvgIpc) is 2.91. The van der Waals surface area contributed by atoms with Crippen molar-refractivity contribution in [3.8, 4) is 0 Å². The summed E-state index contributed by atoms with van der Waals surface area (Å²) in [5.74, 6) is 0.0548. The van der Waals surface area contributed by atoms with Crippen molar-refractivity contribution in [2.45, 2.75) is 11.4 Å². The number of para-hydroxylation sites is 1. The van der Waals surface area contributed by atoms with Gasteiger partial charge in [0.05, 0.1) is 12.7 Å². The van der Waals surface area contributed by atoms with Crippen LogP contribution in [0.15, 0.2) is 46.0 Å². The summed E-state index contributed by atoms with van der Waals surface area (Å²) in [5, 5.41) is 7.19. The molecule has 5 heteroatoms. The van der Waals surface area contributed by atoms with Crippen LogP contribution in [0.25, 0.3) is 0 Å². The molecule has 0 saturated carbocycles. The molecule has 106 valence electrons. The summed E-state index contributed by atoms with van der Waals surface area (Å²) in [6.07, 6.45) is 2.01. The lowest BCUT2D eigenvalue weighted by Crippen LogP contribution is -3.08. The summed E-state index contributed by atoms with van der Waals surface area (Å²) in [7, 11) is 2.04. The molecular formula is C15H19N2OS2+. The van der Waals surface area contributed by atoms with E-state index >= 15 is 0 Å². The van der Waals surface area contributed by atoms with Crippen LogP contribution < -0.4 is 10.2 Å². The van der Waals surface area contributed by atoms with Crippen molar-refractivity contribution >= 4 is 34.7 Å². The van der Waals surface area contributed by atoms with Crippen LogP contribution in [0.4, 0.5) is 5.69 Å². The lowest BCUT2D eigenvalue weighted by atomic mass is 10.3. The molecule has 1 unspecified atom stereocenters. The number of amides is 1. The molecule has 0 spiro atoms. The van der Waals surface area contributed by atoms with Gasteiger partial charge in [0.25, 0.3) is 5.91 Å². The molecule has 0 aliphatic heterocycles. The largest absolute Gasteiger partial charge is 0.326 e. The van der Waals surface area contributed by atoms with E-state index in [1.54, 1.807) is 23.1 Å². The monoisotopic (exact) mass is 307 g/mol. The summed E-state index contributed by atoms with van der Waals surface area (Å²) in [6, 6.07) is 9.99. The Kier molecular flexibility index (Phi) is 5.64. The summed E-state index contributed by atoms with van der Waals surface area (Å²) in [4.78, 5) is 14.4. The molecule has 1 heterocycles. The number of nitrogens with one attached hydrogen (secondary N) is 2. The van der Waals surface area contributed by atoms with Crippen LogP contribution in [0.5, 0.6) is 0 Å². The Morgan fingerprint density at radius 2 is 2.15 bits per heavy atom. The molecule has 1 aromatic carbocycles.